The predicted molar refractivity (Wildman–Crippen MR) is 88.8 cm³/mol. The molecule has 1 aliphatic rings. The molecule has 1 aliphatic heterocycles. The summed E-state index contributed by atoms with van der Waals surface area (Å²) in [6.45, 7) is 1.24. The van der Waals surface area contributed by atoms with Gasteiger partial charge in [0.25, 0.3) is 5.91 Å². The minimum atomic E-state index is -0.0628. The summed E-state index contributed by atoms with van der Waals surface area (Å²) >= 11 is 0. The largest absolute Gasteiger partial charge is 0.497 e. The molecule has 0 aromatic heterocycles. The maximum Gasteiger partial charge on any atom is 0.253 e. The van der Waals surface area contributed by atoms with E-state index in [4.69, 9.17) is 9.47 Å². The first kappa shape index (κ1) is 15.6. The third kappa shape index (κ3) is 3.37. The van der Waals surface area contributed by atoms with Gasteiger partial charge in [-0.25, -0.2) is 0 Å². The normalized spacial score (nSPS) is 16.5. The molecule has 3 rings (SSSR count). The van der Waals surface area contributed by atoms with Crippen LogP contribution >= 0.6 is 0 Å². The van der Waals surface area contributed by atoms with Gasteiger partial charge in [-0.15, -0.1) is 0 Å². The molecule has 0 saturated carbocycles. The predicted octanol–water partition coefficient (Wildman–Crippen LogP) is 3.08. The fourth-order valence-electron chi connectivity index (χ4n) is 2.91. The summed E-state index contributed by atoms with van der Waals surface area (Å²) < 4.78 is 11.0. The quantitative estimate of drug-likeness (QED) is 0.871. The van der Waals surface area contributed by atoms with E-state index in [9.17, 15) is 4.79 Å². The highest BCUT2D eigenvalue weighted by atomic mass is 16.5. The van der Waals surface area contributed by atoms with Crippen molar-refractivity contribution < 1.29 is 14.3 Å². The van der Waals surface area contributed by atoms with Crippen molar-refractivity contribution in [3.63, 3.8) is 0 Å². The van der Waals surface area contributed by atoms with Crippen molar-refractivity contribution in [3.8, 4) is 5.75 Å². The zero-order valence-electron chi connectivity index (χ0n) is 13.5. The fraction of sp³-hybridized carbons (Fsp3) is 0.316. The number of benzene rings is 2. The van der Waals surface area contributed by atoms with E-state index >= 15 is 0 Å². The summed E-state index contributed by atoms with van der Waals surface area (Å²) in [7, 11) is 3.42. The van der Waals surface area contributed by atoms with E-state index in [1.165, 1.54) is 11.1 Å². The maximum absolute atomic E-state index is 12.6. The van der Waals surface area contributed by atoms with E-state index in [0.29, 0.717) is 18.7 Å². The number of ether oxygens (including phenoxy) is 2. The number of amides is 1. The first-order valence-electron chi connectivity index (χ1n) is 7.78. The standard InChI is InChI=1S/C19H21NO3/c1-20(19(21)15-7-9-16(22-2)10-8-15)13-18-17-6-4-3-5-14(17)11-12-23-18/h3-10,18H,11-13H2,1-2H3/t18-/m0/s1. The van der Waals surface area contributed by atoms with E-state index in [0.717, 1.165) is 12.2 Å². The Hall–Kier alpha value is -2.33. The molecule has 0 fully saturated rings. The lowest BCUT2D eigenvalue weighted by molar-refractivity contribution is 0.0200. The van der Waals surface area contributed by atoms with Gasteiger partial charge in [-0.3, -0.25) is 4.79 Å². The van der Waals surface area contributed by atoms with E-state index in [1.54, 1.807) is 36.3 Å². The highest BCUT2D eigenvalue weighted by molar-refractivity contribution is 5.94. The van der Waals surface area contributed by atoms with Crippen LogP contribution in [0.25, 0.3) is 0 Å². The van der Waals surface area contributed by atoms with Gasteiger partial charge >= 0.3 is 0 Å². The maximum atomic E-state index is 12.6. The Morgan fingerprint density at radius 2 is 1.96 bits per heavy atom. The number of carbonyl (C=O) groups is 1. The van der Waals surface area contributed by atoms with E-state index in [2.05, 4.69) is 12.1 Å². The number of rotatable bonds is 4. The van der Waals surface area contributed by atoms with E-state index in [-0.39, 0.29) is 12.0 Å². The number of fused-ring (bicyclic) bond motifs is 1. The number of nitrogens with zero attached hydrogens (tertiary/aromatic N) is 1. The summed E-state index contributed by atoms with van der Waals surface area (Å²) in [6, 6.07) is 15.5. The molecule has 0 bridgehead atoms. The second kappa shape index (κ2) is 6.84. The summed E-state index contributed by atoms with van der Waals surface area (Å²) in [6.07, 6.45) is 0.871. The lowest BCUT2D eigenvalue weighted by Crippen LogP contribution is -2.33. The van der Waals surface area contributed by atoms with Crippen molar-refractivity contribution in [2.45, 2.75) is 12.5 Å². The molecule has 23 heavy (non-hydrogen) atoms. The summed E-state index contributed by atoms with van der Waals surface area (Å²) in [5.41, 5.74) is 3.15. The van der Waals surface area contributed by atoms with Crippen molar-refractivity contribution in [2.75, 3.05) is 27.3 Å². The van der Waals surface area contributed by atoms with Gasteiger partial charge in [0.1, 0.15) is 11.9 Å². The monoisotopic (exact) mass is 311 g/mol. The molecule has 0 saturated heterocycles. The fourth-order valence-corrected chi connectivity index (χ4v) is 2.91. The van der Waals surface area contributed by atoms with Gasteiger partial charge in [-0.05, 0) is 41.8 Å². The van der Waals surface area contributed by atoms with Gasteiger partial charge in [0.2, 0.25) is 0 Å². The van der Waals surface area contributed by atoms with Crippen LogP contribution in [-0.4, -0.2) is 38.1 Å². The Bertz CT molecular complexity index is 681. The number of carbonyl (C=O) groups excluding carboxylic acids is 1. The summed E-state index contributed by atoms with van der Waals surface area (Å²) in [5, 5.41) is 0. The molecule has 0 radical (unpaired) electrons. The van der Waals surface area contributed by atoms with Gasteiger partial charge in [-0.2, -0.15) is 0 Å². The first-order valence-corrected chi connectivity index (χ1v) is 7.78. The van der Waals surface area contributed by atoms with Crippen LogP contribution in [0.2, 0.25) is 0 Å². The lowest BCUT2D eigenvalue weighted by atomic mass is 9.97. The Morgan fingerprint density at radius 1 is 1.22 bits per heavy atom. The molecular weight excluding hydrogens is 290 g/mol. The minimum absolute atomic E-state index is 0.0145. The average Bonchev–Trinajstić information content (AvgIpc) is 2.61. The highest BCUT2D eigenvalue weighted by Crippen LogP contribution is 2.27. The van der Waals surface area contributed by atoms with Crippen molar-refractivity contribution in [2.24, 2.45) is 0 Å². The number of hydrogen-bond acceptors (Lipinski definition) is 3. The molecule has 1 atom stereocenters. The zero-order chi connectivity index (χ0) is 16.2. The molecule has 1 amide bonds. The minimum Gasteiger partial charge on any atom is -0.497 e. The molecule has 1 heterocycles. The van der Waals surface area contributed by atoms with Crippen LogP contribution in [0.4, 0.5) is 0 Å². The van der Waals surface area contributed by atoms with Crippen LogP contribution < -0.4 is 4.74 Å². The van der Waals surface area contributed by atoms with Crippen molar-refractivity contribution in [1.29, 1.82) is 0 Å². The van der Waals surface area contributed by atoms with Crippen LogP contribution in [0.1, 0.15) is 27.6 Å². The van der Waals surface area contributed by atoms with Gasteiger partial charge in [-0.1, -0.05) is 24.3 Å². The van der Waals surface area contributed by atoms with Crippen molar-refractivity contribution >= 4 is 5.91 Å². The first-order chi connectivity index (χ1) is 11.2. The molecule has 2 aromatic rings. The van der Waals surface area contributed by atoms with Gasteiger partial charge < -0.3 is 14.4 Å². The second-order valence-corrected chi connectivity index (χ2v) is 5.72. The van der Waals surface area contributed by atoms with Crippen molar-refractivity contribution in [1.82, 2.24) is 4.90 Å². The van der Waals surface area contributed by atoms with E-state index < -0.39 is 0 Å². The van der Waals surface area contributed by atoms with Crippen LogP contribution in [0.5, 0.6) is 5.75 Å². The third-order valence-electron chi connectivity index (χ3n) is 4.22. The van der Waals surface area contributed by atoms with Gasteiger partial charge in [0.05, 0.1) is 20.3 Å². The number of methoxy groups -OCH3 is 1. The lowest BCUT2D eigenvalue weighted by Gasteiger charge is -2.29. The molecule has 120 valence electrons. The van der Waals surface area contributed by atoms with Crippen LogP contribution in [0.3, 0.4) is 0 Å². The Balaban J connectivity index is 1.71. The summed E-state index contributed by atoms with van der Waals surface area (Å²) in [4.78, 5) is 14.3. The molecule has 2 aromatic carbocycles. The molecule has 4 heteroatoms. The Morgan fingerprint density at radius 3 is 2.70 bits per heavy atom. The number of likely N-dealkylation sites (N-methyl/N-ethyl adjacent to an activating group) is 1. The van der Waals surface area contributed by atoms with Gasteiger partial charge in [0.15, 0.2) is 0 Å². The smallest absolute Gasteiger partial charge is 0.253 e. The zero-order valence-corrected chi connectivity index (χ0v) is 13.5. The van der Waals surface area contributed by atoms with Crippen LogP contribution in [0, 0.1) is 0 Å². The molecule has 4 nitrogen and oxygen atoms in total. The van der Waals surface area contributed by atoms with Crippen molar-refractivity contribution in [3.05, 3.63) is 65.2 Å². The van der Waals surface area contributed by atoms with E-state index in [1.807, 2.05) is 19.2 Å². The van der Waals surface area contributed by atoms with Crippen LogP contribution in [0.15, 0.2) is 48.5 Å². The molecular formula is C19H21NO3. The third-order valence-corrected chi connectivity index (χ3v) is 4.22. The Labute approximate surface area is 136 Å². The Kier molecular flexibility index (Phi) is 4.63. The molecule has 0 spiro atoms. The van der Waals surface area contributed by atoms with Gasteiger partial charge in [0, 0.05) is 12.6 Å². The SMILES string of the molecule is COc1ccc(C(=O)N(C)C[C@@H]2OCCc3ccccc32)cc1. The summed E-state index contributed by atoms with van der Waals surface area (Å²) in [5.74, 6) is 0.730. The average molecular weight is 311 g/mol. The molecule has 0 unspecified atom stereocenters. The highest BCUT2D eigenvalue weighted by Gasteiger charge is 2.24. The second-order valence-electron chi connectivity index (χ2n) is 5.72. The topological polar surface area (TPSA) is 38.8 Å². The number of hydrogen-bond donors (Lipinski definition) is 0. The molecule has 0 N–H and O–H groups in total. The van der Waals surface area contributed by atoms with Crippen LogP contribution in [-0.2, 0) is 11.2 Å². The molecule has 0 aliphatic carbocycles.